The van der Waals surface area contributed by atoms with Gasteiger partial charge in [-0.15, -0.1) is 23.4 Å². The predicted octanol–water partition coefficient (Wildman–Crippen LogP) is 3.46. The van der Waals surface area contributed by atoms with Crippen molar-refractivity contribution in [1.29, 1.82) is 0 Å². The summed E-state index contributed by atoms with van der Waals surface area (Å²) in [5.41, 5.74) is 1.31. The van der Waals surface area contributed by atoms with Gasteiger partial charge in [-0.25, -0.2) is 0 Å². The molecule has 0 radical (unpaired) electrons. The van der Waals surface area contributed by atoms with Gasteiger partial charge < -0.3 is 0 Å². The monoisotopic (exact) mass is 184 g/mol. The van der Waals surface area contributed by atoms with E-state index in [-0.39, 0.29) is 5.38 Å². The van der Waals surface area contributed by atoms with Gasteiger partial charge in [0, 0.05) is 4.90 Å². The summed E-state index contributed by atoms with van der Waals surface area (Å²) in [6.07, 6.45) is 1.10. The molecular weight excluding hydrogens is 176 g/mol. The predicted molar refractivity (Wildman–Crippen MR) is 50.4 cm³/mol. The van der Waals surface area contributed by atoms with Crippen LogP contribution in [0.1, 0.15) is 17.4 Å². The molecule has 1 aliphatic heterocycles. The Labute approximate surface area is 75.9 Å². The van der Waals surface area contributed by atoms with Crippen LogP contribution in [0.2, 0.25) is 0 Å². The first kappa shape index (κ1) is 7.51. The highest BCUT2D eigenvalue weighted by atomic mass is 35.5. The first-order valence-corrected chi connectivity index (χ1v) is 5.16. The molecule has 0 nitrogen and oxygen atoms in total. The molecule has 0 spiro atoms. The number of hydrogen-bond donors (Lipinski definition) is 0. The normalized spacial score (nSPS) is 22.8. The second-order valence-electron chi connectivity index (χ2n) is 2.64. The molecule has 58 valence electrons. The van der Waals surface area contributed by atoms with E-state index >= 15 is 0 Å². The van der Waals surface area contributed by atoms with Crippen molar-refractivity contribution >= 4 is 23.4 Å². The van der Waals surface area contributed by atoms with Crippen LogP contribution in [0.15, 0.2) is 29.2 Å². The highest BCUT2D eigenvalue weighted by Gasteiger charge is 2.16. The smallest absolute Gasteiger partial charge is 0.0604 e. The Bertz CT molecular complexity index is 259. The van der Waals surface area contributed by atoms with Gasteiger partial charge >= 0.3 is 0 Å². The van der Waals surface area contributed by atoms with Crippen LogP contribution in [-0.2, 0) is 0 Å². The fourth-order valence-electron chi connectivity index (χ4n) is 1.30. The zero-order valence-corrected chi connectivity index (χ0v) is 7.66. The number of thioether (sulfide) groups is 1. The van der Waals surface area contributed by atoms with Crippen LogP contribution in [0.5, 0.6) is 0 Å². The molecule has 11 heavy (non-hydrogen) atoms. The molecule has 0 unspecified atom stereocenters. The Morgan fingerprint density at radius 1 is 1.36 bits per heavy atom. The van der Waals surface area contributed by atoms with E-state index in [0.717, 1.165) is 12.2 Å². The van der Waals surface area contributed by atoms with E-state index in [4.69, 9.17) is 11.6 Å². The first-order valence-electron chi connectivity index (χ1n) is 3.74. The Morgan fingerprint density at radius 2 is 2.18 bits per heavy atom. The van der Waals surface area contributed by atoms with Crippen molar-refractivity contribution in [2.24, 2.45) is 0 Å². The Morgan fingerprint density at radius 3 is 3.00 bits per heavy atom. The quantitative estimate of drug-likeness (QED) is 0.557. The molecular formula is C9H9ClS. The van der Waals surface area contributed by atoms with Gasteiger partial charge in [0.25, 0.3) is 0 Å². The second kappa shape index (κ2) is 3.08. The molecule has 1 heterocycles. The molecule has 0 saturated carbocycles. The fourth-order valence-corrected chi connectivity index (χ4v) is 2.92. The summed E-state index contributed by atoms with van der Waals surface area (Å²) in [4.78, 5) is 1.36. The zero-order chi connectivity index (χ0) is 7.68. The molecule has 1 aromatic rings. The fraction of sp³-hybridized carbons (Fsp3) is 0.333. The summed E-state index contributed by atoms with van der Waals surface area (Å²) in [7, 11) is 0. The minimum atomic E-state index is 0.243. The topological polar surface area (TPSA) is 0 Å². The van der Waals surface area contributed by atoms with Crippen LogP contribution in [0.4, 0.5) is 0 Å². The van der Waals surface area contributed by atoms with Crippen molar-refractivity contribution in [2.75, 3.05) is 5.75 Å². The maximum absolute atomic E-state index is 6.13. The number of benzene rings is 1. The standard InChI is InChI=1S/C9H9ClS/c10-8-5-6-11-9-4-2-1-3-7(8)9/h1-4,8H,5-6H2/t8-/m1/s1. The maximum Gasteiger partial charge on any atom is 0.0604 e. The second-order valence-corrected chi connectivity index (χ2v) is 4.31. The molecule has 0 aliphatic carbocycles. The molecule has 1 aliphatic rings. The van der Waals surface area contributed by atoms with Crippen molar-refractivity contribution in [3.8, 4) is 0 Å². The molecule has 0 amide bonds. The number of halogens is 1. The van der Waals surface area contributed by atoms with Gasteiger partial charge in [0.15, 0.2) is 0 Å². The first-order chi connectivity index (χ1) is 5.38. The third-order valence-corrected chi connectivity index (χ3v) is 3.46. The molecule has 0 N–H and O–H groups in total. The van der Waals surface area contributed by atoms with Gasteiger partial charge in [0.05, 0.1) is 5.38 Å². The minimum Gasteiger partial charge on any atom is -0.126 e. The number of hydrogen-bond acceptors (Lipinski definition) is 1. The molecule has 2 rings (SSSR count). The third kappa shape index (κ3) is 1.40. The third-order valence-electron chi connectivity index (χ3n) is 1.89. The van der Waals surface area contributed by atoms with Crippen molar-refractivity contribution in [3.05, 3.63) is 29.8 Å². The van der Waals surface area contributed by atoms with Crippen LogP contribution in [0, 0.1) is 0 Å². The maximum atomic E-state index is 6.13. The summed E-state index contributed by atoms with van der Waals surface area (Å²) < 4.78 is 0. The van der Waals surface area contributed by atoms with Crippen LogP contribution < -0.4 is 0 Å². The number of fused-ring (bicyclic) bond motifs is 1. The molecule has 1 aromatic carbocycles. The van der Waals surface area contributed by atoms with Gasteiger partial charge in [0.2, 0.25) is 0 Å². The highest BCUT2D eigenvalue weighted by Crippen LogP contribution is 2.39. The van der Waals surface area contributed by atoms with E-state index in [1.54, 1.807) is 0 Å². The lowest BCUT2D eigenvalue weighted by Gasteiger charge is -2.19. The van der Waals surface area contributed by atoms with Crippen molar-refractivity contribution in [3.63, 3.8) is 0 Å². The molecule has 0 fully saturated rings. The highest BCUT2D eigenvalue weighted by molar-refractivity contribution is 7.99. The van der Waals surface area contributed by atoms with E-state index in [2.05, 4.69) is 24.3 Å². The van der Waals surface area contributed by atoms with Crippen molar-refractivity contribution in [2.45, 2.75) is 16.7 Å². The summed E-state index contributed by atoms with van der Waals surface area (Å²) in [6.45, 7) is 0. The molecule has 1 atom stereocenters. The lowest BCUT2D eigenvalue weighted by atomic mass is 10.1. The average Bonchev–Trinajstić information content (AvgIpc) is 2.06. The Kier molecular flexibility index (Phi) is 2.10. The minimum absolute atomic E-state index is 0.243. The van der Waals surface area contributed by atoms with Gasteiger partial charge in [-0.3, -0.25) is 0 Å². The van der Waals surface area contributed by atoms with Crippen molar-refractivity contribution in [1.82, 2.24) is 0 Å². The SMILES string of the molecule is Cl[C@@H]1CCSc2ccccc21. The molecule has 0 saturated heterocycles. The van der Waals surface area contributed by atoms with Gasteiger partial charge in [-0.1, -0.05) is 18.2 Å². The summed E-state index contributed by atoms with van der Waals surface area (Å²) in [5, 5.41) is 0.243. The van der Waals surface area contributed by atoms with E-state index in [1.165, 1.54) is 10.5 Å². The number of alkyl halides is 1. The van der Waals surface area contributed by atoms with Gasteiger partial charge in [0.1, 0.15) is 0 Å². The zero-order valence-electron chi connectivity index (χ0n) is 6.09. The van der Waals surface area contributed by atoms with E-state index in [1.807, 2.05) is 11.8 Å². The lowest BCUT2D eigenvalue weighted by molar-refractivity contribution is 0.854. The van der Waals surface area contributed by atoms with E-state index < -0.39 is 0 Å². The van der Waals surface area contributed by atoms with Gasteiger partial charge in [-0.05, 0) is 23.8 Å². The van der Waals surface area contributed by atoms with E-state index in [0.29, 0.717) is 0 Å². The largest absolute Gasteiger partial charge is 0.126 e. The van der Waals surface area contributed by atoms with Crippen LogP contribution in [0.3, 0.4) is 0 Å². The number of rotatable bonds is 0. The van der Waals surface area contributed by atoms with Crippen molar-refractivity contribution < 1.29 is 0 Å². The van der Waals surface area contributed by atoms with Crippen LogP contribution >= 0.6 is 23.4 Å². The Hall–Kier alpha value is -0.140. The van der Waals surface area contributed by atoms with Crippen LogP contribution in [0.25, 0.3) is 0 Å². The summed E-state index contributed by atoms with van der Waals surface area (Å²) in [5.74, 6) is 1.16. The summed E-state index contributed by atoms with van der Waals surface area (Å²) >= 11 is 8.04. The van der Waals surface area contributed by atoms with E-state index in [9.17, 15) is 0 Å². The Balaban J connectivity index is 2.44. The average molecular weight is 185 g/mol. The molecule has 0 aromatic heterocycles. The van der Waals surface area contributed by atoms with Gasteiger partial charge in [-0.2, -0.15) is 0 Å². The molecule has 0 bridgehead atoms. The molecule has 2 heteroatoms. The summed E-state index contributed by atoms with van der Waals surface area (Å²) in [6, 6.07) is 8.40. The van der Waals surface area contributed by atoms with Crippen LogP contribution in [-0.4, -0.2) is 5.75 Å². The lowest BCUT2D eigenvalue weighted by Crippen LogP contribution is -2.00.